The summed E-state index contributed by atoms with van der Waals surface area (Å²) in [5.41, 5.74) is 1.87. The van der Waals surface area contributed by atoms with E-state index in [-0.39, 0.29) is 17.9 Å². The number of aromatic nitrogens is 3. The van der Waals surface area contributed by atoms with Crippen LogP contribution in [0.5, 0.6) is 0 Å². The van der Waals surface area contributed by atoms with Crippen molar-refractivity contribution in [3.05, 3.63) is 29.5 Å². The van der Waals surface area contributed by atoms with Crippen molar-refractivity contribution in [2.24, 2.45) is 0 Å². The number of amides is 1. The van der Waals surface area contributed by atoms with Crippen molar-refractivity contribution in [3.63, 3.8) is 0 Å². The summed E-state index contributed by atoms with van der Waals surface area (Å²) in [7, 11) is 0. The molecule has 0 fully saturated rings. The highest BCUT2D eigenvalue weighted by atomic mass is 16.5. The Morgan fingerprint density at radius 2 is 2.05 bits per heavy atom. The molecule has 2 rings (SSSR count). The van der Waals surface area contributed by atoms with E-state index in [4.69, 9.17) is 4.52 Å². The standard InChI is InChI=1S/C16H24N4O2/c1-6-12-13(7-2)19-22-16(12)18-15(21)11(5)20-9-8-17-14(20)10(3)4/h8-11H,6-7H2,1-5H3,(H,18,21). The molecule has 2 aromatic rings. The summed E-state index contributed by atoms with van der Waals surface area (Å²) < 4.78 is 7.18. The Bertz CT molecular complexity index is 642. The largest absolute Gasteiger partial charge is 0.338 e. The molecule has 1 N–H and O–H groups in total. The minimum Gasteiger partial charge on any atom is -0.338 e. The Balaban J connectivity index is 2.18. The number of aryl methyl sites for hydroxylation is 1. The van der Waals surface area contributed by atoms with Gasteiger partial charge in [0, 0.05) is 23.9 Å². The number of rotatable bonds is 6. The van der Waals surface area contributed by atoms with Gasteiger partial charge in [-0.3, -0.25) is 10.1 Å². The van der Waals surface area contributed by atoms with Crippen LogP contribution in [0.3, 0.4) is 0 Å². The number of hydrogen-bond acceptors (Lipinski definition) is 4. The molecule has 0 aliphatic heterocycles. The van der Waals surface area contributed by atoms with Crippen LogP contribution in [-0.4, -0.2) is 20.6 Å². The molecule has 0 aliphatic carbocycles. The number of carbonyl (C=O) groups excluding carboxylic acids is 1. The molecule has 0 saturated heterocycles. The molecule has 0 spiro atoms. The second kappa shape index (κ2) is 6.77. The zero-order valence-electron chi connectivity index (χ0n) is 13.9. The molecule has 0 aromatic carbocycles. The van der Waals surface area contributed by atoms with Gasteiger partial charge in [-0.25, -0.2) is 4.98 Å². The average Bonchev–Trinajstić information content (AvgIpc) is 3.12. The smallest absolute Gasteiger partial charge is 0.249 e. The van der Waals surface area contributed by atoms with E-state index in [1.165, 1.54) is 0 Å². The third-order valence-corrected chi connectivity index (χ3v) is 3.81. The van der Waals surface area contributed by atoms with Gasteiger partial charge in [0.05, 0.1) is 5.69 Å². The number of anilines is 1. The third kappa shape index (κ3) is 3.05. The first-order valence-electron chi connectivity index (χ1n) is 7.80. The number of hydrogen-bond donors (Lipinski definition) is 1. The zero-order chi connectivity index (χ0) is 16.3. The summed E-state index contributed by atoms with van der Waals surface area (Å²) in [5.74, 6) is 1.48. The highest BCUT2D eigenvalue weighted by molar-refractivity contribution is 5.93. The summed E-state index contributed by atoms with van der Waals surface area (Å²) >= 11 is 0. The van der Waals surface area contributed by atoms with E-state index in [0.717, 1.165) is 29.9 Å². The molecule has 6 nitrogen and oxygen atoms in total. The van der Waals surface area contributed by atoms with Crippen LogP contribution >= 0.6 is 0 Å². The molecule has 22 heavy (non-hydrogen) atoms. The van der Waals surface area contributed by atoms with E-state index in [9.17, 15) is 4.79 Å². The van der Waals surface area contributed by atoms with Crippen molar-refractivity contribution in [1.29, 1.82) is 0 Å². The fraction of sp³-hybridized carbons (Fsp3) is 0.562. The van der Waals surface area contributed by atoms with Gasteiger partial charge < -0.3 is 9.09 Å². The molecule has 0 bridgehead atoms. The van der Waals surface area contributed by atoms with Gasteiger partial charge in [-0.05, 0) is 19.8 Å². The lowest BCUT2D eigenvalue weighted by Gasteiger charge is -2.17. The Morgan fingerprint density at radius 3 is 2.64 bits per heavy atom. The lowest BCUT2D eigenvalue weighted by atomic mass is 10.1. The predicted molar refractivity (Wildman–Crippen MR) is 84.9 cm³/mol. The average molecular weight is 304 g/mol. The number of carbonyl (C=O) groups is 1. The summed E-state index contributed by atoms with van der Waals surface area (Å²) in [5, 5.41) is 6.87. The van der Waals surface area contributed by atoms with Crippen LogP contribution in [0.1, 0.15) is 63.7 Å². The van der Waals surface area contributed by atoms with Crippen LogP contribution in [0.25, 0.3) is 0 Å². The molecule has 0 saturated carbocycles. The third-order valence-electron chi connectivity index (χ3n) is 3.81. The Labute approximate surface area is 130 Å². The van der Waals surface area contributed by atoms with Gasteiger partial charge in [-0.1, -0.05) is 32.9 Å². The first-order valence-corrected chi connectivity index (χ1v) is 7.80. The molecule has 1 unspecified atom stereocenters. The van der Waals surface area contributed by atoms with Crippen molar-refractivity contribution in [3.8, 4) is 0 Å². The Kier molecular flexibility index (Phi) is 5.00. The molecule has 0 radical (unpaired) electrons. The van der Waals surface area contributed by atoms with Gasteiger partial charge in [-0.2, -0.15) is 0 Å². The Hall–Kier alpha value is -2.11. The topological polar surface area (TPSA) is 73.0 Å². The molecule has 2 aromatic heterocycles. The molecule has 6 heteroatoms. The van der Waals surface area contributed by atoms with E-state index in [1.807, 2.05) is 31.5 Å². The highest BCUT2D eigenvalue weighted by Crippen LogP contribution is 2.23. The van der Waals surface area contributed by atoms with E-state index in [2.05, 4.69) is 29.3 Å². The summed E-state index contributed by atoms with van der Waals surface area (Å²) in [6, 6.07) is -0.361. The van der Waals surface area contributed by atoms with Gasteiger partial charge in [0.15, 0.2) is 0 Å². The summed E-state index contributed by atoms with van der Waals surface area (Å²) in [6.07, 6.45) is 5.12. The van der Waals surface area contributed by atoms with Crippen LogP contribution in [0.4, 0.5) is 5.88 Å². The number of imidazole rings is 1. The number of nitrogens with one attached hydrogen (secondary N) is 1. The predicted octanol–water partition coefficient (Wildman–Crippen LogP) is 3.32. The van der Waals surface area contributed by atoms with Crippen LogP contribution in [0.15, 0.2) is 16.9 Å². The molecule has 1 atom stereocenters. The minimum absolute atomic E-state index is 0.131. The maximum absolute atomic E-state index is 12.5. The molecule has 2 heterocycles. The van der Waals surface area contributed by atoms with Crippen LogP contribution in [0, 0.1) is 0 Å². The zero-order valence-corrected chi connectivity index (χ0v) is 13.9. The van der Waals surface area contributed by atoms with Gasteiger partial charge in [0.1, 0.15) is 11.9 Å². The second-order valence-electron chi connectivity index (χ2n) is 5.66. The fourth-order valence-electron chi connectivity index (χ4n) is 2.52. The summed E-state index contributed by atoms with van der Waals surface area (Å²) in [6.45, 7) is 10.0. The molecule has 0 aliphatic rings. The van der Waals surface area contributed by atoms with Crippen LogP contribution in [0.2, 0.25) is 0 Å². The lowest BCUT2D eigenvalue weighted by molar-refractivity contribution is -0.119. The maximum Gasteiger partial charge on any atom is 0.249 e. The van der Waals surface area contributed by atoms with Gasteiger partial charge in [0.2, 0.25) is 11.8 Å². The van der Waals surface area contributed by atoms with Crippen molar-refractivity contribution in [1.82, 2.24) is 14.7 Å². The van der Waals surface area contributed by atoms with E-state index in [1.54, 1.807) is 6.20 Å². The molecular weight excluding hydrogens is 280 g/mol. The normalized spacial score (nSPS) is 12.6. The Morgan fingerprint density at radius 1 is 1.32 bits per heavy atom. The number of nitrogens with zero attached hydrogens (tertiary/aromatic N) is 3. The van der Waals surface area contributed by atoms with E-state index < -0.39 is 0 Å². The maximum atomic E-state index is 12.5. The quantitative estimate of drug-likeness (QED) is 0.888. The van der Waals surface area contributed by atoms with Gasteiger partial charge >= 0.3 is 0 Å². The summed E-state index contributed by atoms with van der Waals surface area (Å²) in [4.78, 5) is 16.8. The van der Waals surface area contributed by atoms with Crippen molar-refractivity contribution in [2.45, 2.75) is 59.4 Å². The monoisotopic (exact) mass is 304 g/mol. The first-order chi connectivity index (χ1) is 10.5. The SMILES string of the molecule is CCc1noc(NC(=O)C(C)n2ccnc2C(C)C)c1CC. The molecular formula is C16H24N4O2. The van der Waals surface area contributed by atoms with E-state index in [0.29, 0.717) is 5.88 Å². The van der Waals surface area contributed by atoms with Gasteiger partial charge in [-0.15, -0.1) is 0 Å². The first kappa shape index (κ1) is 16.3. The van der Waals surface area contributed by atoms with E-state index >= 15 is 0 Å². The molecule has 1 amide bonds. The van der Waals surface area contributed by atoms with Crippen molar-refractivity contribution >= 4 is 11.8 Å². The molecule has 120 valence electrons. The fourth-order valence-corrected chi connectivity index (χ4v) is 2.52. The highest BCUT2D eigenvalue weighted by Gasteiger charge is 2.22. The van der Waals surface area contributed by atoms with Crippen molar-refractivity contribution in [2.75, 3.05) is 5.32 Å². The van der Waals surface area contributed by atoms with Crippen molar-refractivity contribution < 1.29 is 9.32 Å². The van der Waals surface area contributed by atoms with Gasteiger partial charge in [0.25, 0.3) is 0 Å². The lowest BCUT2D eigenvalue weighted by Crippen LogP contribution is -2.25. The van der Waals surface area contributed by atoms with Crippen LogP contribution < -0.4 is 5.32 Å². The van der Waals surface area contributed by atoms with Crippen LogP contribution in [-0.2, 0) is 17.6 Å². The minimum atomic E-state index is -0.361. The second-order valence-corrected chi connectivity index (χ2v) is 5.66.